The monoisotopic (exact) mass is 624 g/mol. The fraction of sp³-hybridized carbons (Fsp3) is 0.432. The van der Waals surface area contributed by atoms with Crippen molar-refractivity contribution in [2.45, 2.75) is 61.8 Å². The van der Waals surface area contributed by atoms with E-state index in [0.717, 1.165) is 42.6 Å². The summed E-state index contributed by atoms with van der Waals surface area (Å²) in [6.45, 7) is 2.56. The van der Waals surface area contributed by atoms with E-state index in [-0.39, 0.29) is 24.8 Å². The Bertz CT molecular complexity index is 1380. The SMILES string of the molecule is O=C(NC[C@H]1CCCNC1)[C@H]1CCCN1C(=O)[C@@H]1[C@@H](O)[C@@H](O)CN1C(=O)CC(c1ccccc1)(c1ccccc1)c1ccccc1. The first kappa shape index (κ1) is 31.9. The number of β-amino-alcohol motifs (C(OH)–C–C–N with tert-alkyl or cyclic N) is 1. The number of aliphatic hydroxyl groups excluding tert-OH is 2. The number of aliphatic hydroxyl groups is 2. The Kier molecular flexibility index (Phi) is 9.82. The first-order valence-corrected chi connectivity index (χ1v) is 16.5. The average molecular weight is 625 g/mol. The van der Waals surface area contributed by atoms with Crippen molar-refractivity contribution in [1.29, 1.82) is 0 Å². The maximum atomic E-state index is 14.5. The van der Waals surface area contributed by atoms with E-state index in [2.05, 4.69) is 10.6 Å². The zero-order valence-electron chi connectivity index (χ0n) is 26.1. The van der Waals surface area contributed by atoms with Crippen LogP contribution in [0.2, 0.25) is 0 Å². The number of nitrogens with zero attached hydrogens (tertiary/aromatic N) is 2. The van der Waals surface area contributed by atoms with Gasteiger partial charge in [0.15, 0.2) is 0 Å². The van der Waals surface area contributed by atoms with Crippen LogP contribution in [0.4, 0.5) is 0 Å². The van der Waals surface area contributed by atoms with Gasteiger partial charge in [-0.3, -0.25) is 14.4 Å². The second-order valence-corrected chi connectivity index (χ2v) is 12.9. The minimum absolute atomic E-state index is 0.0341. The van der Waals surface area contributed by atoms with Crippen molar-refractivity contribution < 1.29 is 24.6 Å². The molecule has 0 aromatic heterocycles. The molecule has 3 aliphatic rings. The van der Waals surface area contributed by atoms with Crippen LogP contribution in [-0.4, -0.2) is 94.7 Å². The van der Waals surface area contributed by atoms with Crippen LogP contribution in [0.1, 0.15) is 48.8 Å². The number of piperidine rings is 1. The van der Waals surface area contributed by atoms with Crippen molar-refractivity contribution in [3.05, 3.63) is 108 Å². The van der Waals surface area contributed by atoms with E-state index >= 15 is 0 Å². The molecule has 0 bridgehead atoms. The number of hydrogen-bond donors (Lipinski definition) is 4. The molecule has 5 atom stereocenters. The maximum absolute atomic E-state index is 14.5. The van der Waals surface area contributed by atoms with Gasteiger partial charge in [-0.1, -0.05) is 91.0 Å². The number of amides is 3. The fourth-order valence-corrected chi connectivity index (χ4v) is 7.59. The molecule has 3 saturated heterocycles. The molecule has 3 aliphatic heterocycles. The Hall–Kier alpha value is -4.05. The van der Waals surface area contributed by atoms with Gasteiger partial charge in [-0.15, -0.1) is 0 Å². The van der Waals surface area contributed by atoms with Gasteiger partial charge < -0.3 is 30.6 Å². The van der Waals surface area contributed by atoms with Crippen molar-refractivity contribution in [2.75, 3.05) is 32.7 Å². The molecule has 6 rings (SSSR count). The summed E-state index contributed by atoms with van der Waals surface area (Å²) in [7, 11) is 0. The number of benzene rings is 3. The molecular formula is C37H44N4O5. The van der Waals surface area contributed by atoms with Gasteiger partial charge in [0.1, 0.15) is 18.2 Å². The minimum atomic E-state index is -1.46. The van der Waals surface area contributed by atoms with Gasteiger partial charge in [-0.25, -0.2) is 0 Å². The summed E-state index contributed by atoms with van der Waals surface area (Å²) >= 11 is 0. The zero-order chi connectivity index (χ0) is 32.1. The molecule has 4 N–H and O–H groups in total. The lowest BCUT2D eigenvalue weighted by Gasteiger charge is -2.38. The molecule has 0 spiro atoms. The molecule has 3 heterocycles. The molecule has 3 amide bonds. The summed E-state index contributed by atoms with van der Waals surface area (Å²) in [6.07, 6.45) is 0.486. The first-order valence-electron chi connectivity index (χ1n) is 16.5. The predicted octanol–water partition coefficient (Wildman–Crippen LogP) is 2.45. The van der Waals surface area contributed by atoms with Crippen LogP contribution in [0.15, 0.2) is 91.0 Å². The lowest BCUT2D eigenvalue weighted by molar-refractivity contribution is -0.149. The van der Waals surface area contributed by atoms with E-state index in [1.54, 1.807) is 0 Å². The highest BCUT2D eigenvalue weighted by molar-refractivity contribution is 5.94. The molecular weight excluding hydrogens is 580 g/mol. The normalized spacial score (nSPS) is 25.0. The van der Waals surface area contributed by atoms with Crippen LogP contribution in [0.5, 0.6) is 0 Å². The highest BCUT2D eigenvalue weighted by atomic mass is 16.3. The second-order valence-electron chi connectivity index (χ2n) is 12.9. The van der Waals surface area contributed by atoms with Crippen molar-refractivity contribution >= 4 is 17.7 Å². The molecule has 3 aromatic carbocycles. The standard InChI is InChI=1S/C37H44N4O5/c42-31-25-41(33(34(31)44)36(46)40-21-11-19-30(40)35(45)39-24-26-12-10-20-38-23-26)32(43)22-37(27-13-4-1-5-14-27,28-15-6-2-7-16-28)29-17-8-3-9-18-29/h1-9,13-18,26,30-31,33-34,38,42,44H,10-12,19-25H2,(H,39,45)/t26-,30+,31-,33-,34-/m0/s1. The highest BCUT2D eigenvalue weighted by Crippen LogP contribution is 2.43. The lowest BCUT2D eigenvalue weighted by Crippen LogP contribution is -2.56. The molecule has 0 aliphatic carbocycles. The van der Waals surface area contributed by atoms with Crippen LogP contribution < -0.4 is 10.6 Å². The number of nitrogens with one attached hydrogen (secondary N) is 2. The zero-order valence-corrected chi connectivity index (χ0v) is 26.1. The highest BCUT2D eigenvalue weighted by Gasteiger charge is 2.51. The molecule has 3 aromatic rings. The maximum Gasteiger partial charge on any atom is 0.248 e. The fourth-order valence-electron chi connectivity index (χ4n) is 7.59. The number of hydrogen-bond acceptors (Lipinski definition) is 6. The Morgan fingerprint density at radius 2 is 1.39 bits per heavy atom. The molecule has 0 saturated carbocycles. The predicted molar refractivity (Wildman–Crippen MR) is 175 cm³/mol. The molecule has 0 radical (unpaired) electrons. The quantitative estimate of drug-likeness (QED) is 0.272. The third-order valence-corrected chi connectivity index (χ3v) is 10.0. The molecule has 242 valence electrons. The Labute approximate surface area is 270 Å². The van der Waals surface area contributed by atoms with Crippen molar-refractivity contribution in [3.8, 4) is 0 Å². The van der Waals surface area contributed by atoms with Gasteiger partial charge in [0.05, 0.1) is 18.1 Å². The Morgan fingerprint density at radius 3 is 1.93 bits per heavy atom. The minimum Gasteiger partial charge on any atom is -0.388 e. The van der Waals surface area contributed by atoms with Crippen molar-refractivity contribution in [2.24, 2.45) is 5.92 Å². The number of rotatable bonds is 9. The summed E-state index contributed by atoms with van der Waals surface area (Å²) in [5.74, 6) is -0.726. The lowest BCUT2D eigenvalue weighted by atomic mass is 9.67. The first-order chi connectivity index (χ1) is 22.4. The van der Waals surface area contributed by atoms with Crippen LogP contribution in [-0.2, 0) is 19.8 Å². The summed E-state index contributed by atoms with van der Waals surface area (Å²) < 4.78 is 0. The molecule has 3 fully saturated rings. The number of carbonyl (C=O) groups is 3. The third kappa shape index (κ3) is 6.32. The summed E-state index contributed by atoms with van der Waals surface area (Å²) in [4.78, 5) is 44.9. The van der Waals surface area contributed by atoms with Gasteiger partial charge in [-0.05, 0) is 61.4 Å². The summed E-state index contributed by atoms with van der Waals surface area (Å²) in [5, 5.41) is 28.4. The molecule has 9 heteroatoms. The molecule has 9 nitrogen and oxygen atoms in total. The number of carbonyl (C=O) groups excluding carboxylic acids is 3. The largest absolute Gasteiger partial charge is 0.388 e. The third-order valence-electron chi connectivity index (χ3n) is 10.0. The van der Waals surface area contributed by atoms with E-state index in [4.69, 9.17) is 0 Å². The van der Waals surface area contributed by atoms with Gasteiger partial charge in [0.25, 0.3) is 0 Å². The van der Waals surface area contributed by atoms with Crippen LogP contribution in [0.3, 0.4) is 0 Å². The van der Waals surface area contributed by atoms with E-state index in [1.807, 2.05) is 91.0 Å². The Morgan fingerprint density at radius 1 is 0.804 bits per heavy atom. The van der Waals surface area contributed by atoms with Crippen LogP contribution in [0.25, 0.3) is 0 Å². The van der Waals surface area contributed by atoms with Gasteiger partial charge in [0.2, 0.25) is 17.7 Å². The average Bonchev–Trinajstić information content (AvgIpc) is 3.72. The summed E-state index contributed by atoms with van der Waals surface area (Å²) in [5.41, 5.74) is 1.83. The molecule has 0 unspecified atom stereocenters. The van der Waals surface area contributed by atoms with Gasteiger partial charge in [0, 0.05) is 19.5 Å². The van der Waals surface area contributed by atoms with E-state index in [1.165, 1.54) is 9.80 Å². The van der Waals surface area contributed by atoms with Crippen LogP contribution in [0, 0.1) is 5.92 Å². The molecule has 46 heavy (non-hydrogen) atoms. The van der Waals surface area contributed by atoms with Gasteiger partial charge >= 0.3 is 0 Å². The van der Waals surface area contributed by atoms with Gasteiger partial charge in [-0.2, -0.15) is 0 Å². The topological polar surface area (TPSA) is 122 Å². The van der Waals surface area contributed by atoms with Crippen molar-refractivity contribution in [1.82, 2.24) is 20.4 Å². The van der Waals surface area contributed by atoms with Crippen LogP contribution >= 0.6 is 0 Å². The Balaban J connectivity index is 1.28. The second kappa shape index (κ2) is 14.2. The summed E-state index contributed by atoms with van der Waals surface area (Å²) in [6, 6.07) is 27.5. The smallest absolute Gasteiger partial charge is 0.248 e. The van der Waals surface area contributed by atoms with E-state index < -0.39 is 35.6 Å². The van der Waals surface area contributed by atoms with Crippen molar-refractivity contribution in [3.63, 3.8) is 0 Å². The number of likely N-dealkylation sites (tertiary alicyclic amines) is 2. The van der Waals surface area contributed by atoms with E-state index in [9.17, 15) is 24.6 Å². The van der Waals surface area contributed by atoms with E-state index in [0.29, 0.717) is 31.8 Å².